The van der Waals surface area contributed by atoms with Gasteiger partial charge in [0.05, 0.1) is 6.04 Å². The summed E-state index contributed by atoms with van der Waals surface area (Å²) < 4.78 is 5.37. The van der Waals surface area contributed by atoms with Gasteiger partial charge in [0.2, 0.25) is 5.89 Å². The van der Waals surface area contributed by atoms with Crippen LogP contribution in [-0.4, -0.2) is 10.1 Å². The van der Waals surface area contributed by atoms with Gasteiger partial charge in [-0.3, -0.25) is 0 Å². The van der Waals surface area contributed by atoms with E-state index in [9.17, 15) is 0 Å². The molecule has 0 radical (unpaired) electrons. The summed E-state index contributed by atoms with van der Waals surface area (Å²) in [5.74, 6) is 2.05. The molecule has 2 aromatic rings. The molecule has 20 heavy (non-hydrogen) atoms. The first kappa shape index (κ1) is 13.3. The van der Waals surface area contributed by atoms with Crippen LogP contribution in [0.2, 0.25) is 0 Å². The molecular formula is C16H21N3O. The minimum Gasteiger partial charge on any atom is -0.338 e. The Hall–Kier alpha value is -1.68. The van der Waals surface area contributed by atoms with Gasteiger partial charge in [0.15, 0.2) is 5.82 Å². The first-order chi connectivity index (χ1) is 9.69. The molecule has 1 aliphatic rings. The van der Waals surface area contributed by atoms with E-state index < -0.39 is 0 Å². The number of nitrogens with zero attached hydrogens (tertiary/aromatic N) is 2. The molecule has 1 aromatic carbocycles. The smallest absolute Gasteiger partial charge is 0.243 e. The number of aromatic nitrogens is 2. The lowest BCUT2D eigenvalue weighted by Gasteiger charge is -2.13. The first-order valence-electron chi connectivity index (χ1n) is 7.35. The summed E-state index contributed by atoms with van der Waals surface area (Å²) in [7, 11) is 0. The van der Waals surface area contributed by atoms with E-state index in [4.69, 9.17) is 10.3 Å². The molecule has 1 heterocycles. The number of rotatable bonds is 4. The molecule has 0 bridgehead atoms. The highest BCUT2D eigenvalue weighted by atomic mass is 16.5. The van der Waals surface area contributed by atoms with Crippen molar-refractivity contribution in [2.45, 2.75) is 45.1 Å². The summed E-state index contributed by atoms with van der Waals surface area (Å²) in [6, 6.07) is 8.37. The van der Waals surface area contributed by atoms with Gasteiger partial charge in [0.1, 0.15) is 0 Å². The fraction of sp³-hybridized carbons (Fsp3) is 0.500. The lowest BCUT2D eigenvalue weighted by molar-refractivity contribution is 0.309. The molecular weight excluding hydrogens is 250 g/mol. The van der Waals surface area contributed by atoms with E-state index >= 15 is 0 Å². The van der Waals surface area contributed by atoms with E-state index in [2.05, 4.69) is 48.3 Å². The molecule has 4 heteroatoms. The monoisotopic (exact) mass is 271 g/mol. The highest BCUT2D eigenvalue weighted by molar-refractivity contribution is 5.34. The van der Waals surface area contributed by atoms with Crippen LogP contribution in [0.15, 0.2) is 28.8 Å². The summed E-state index contributed by atoms with van der Waals surface area (Å²) >= 11 is 0. The third kappa shape index (κ3) is 2.36. The third-order valence-electron chi connectivity index (χ3n) is 4.42. The first-order valence-corrected chi connectivity index (χ1v) is 7.35. The zero-order valence-electron chi connectivity index (χ0n) is 12.0. The van der Waals surface area contributed by atoms with E-state index in [1.54, 1.807) is 0 Å². The summed E-state index contributed by atoms with van der Waals surface area (Å²) in [6.45, 7) is 4.23. The second-order valence-corrected chi connectivity index (χ2v) is 5.78. The van der Waals surface area contributed by atoms with Crippen LogP contribution in [0.25, 0.3) is 0 Å². The fourth-order valence-electron chi connectivity index (χ4n) is 2.79. The van der Waals surface area contributed by atoms with Crippen LogP contribution in [0, 0.1) is 5.92 Å². The maximum absolute atomic E-state index is 6.15. The molecule has 0 saturated heterocycles. The second-order valence-electron chi connectivity index (χ2n) is 5.78. The van der Waals surface area contributed by atoms with E-state index in [-0.39, 0.29) is 6.04 Å². The Bertz CT molecular complexity index is 568. The Balaban J connectivity index is 1.76. The molecule has 0 spiro atoms. The minimum atomic E-state index is -0.162. The molecule has 0 unspecified atom stereocenters. The Labute approximate surface area is 119 Å². The Morgan fingerprint density at radius 3 is 2.55 bits per heavy atom. The minimum absolute atomic E-state index is 0.162. The number of hydrogen-bond donors (Lipinski definition) is 1. The van der Waals surface area contributed by atoms with Crippen molar-refractivity contribution in [2.75, 3.05) is 0 Å². The lowest BCUT2D eigenvalue weighted by Crippen LogP contribution is -2.19. The topological polar surface area (TPSA) is 64.9 Å². The standard InChI is InChI=1S/C16H21N3O/c1-3-10(2)14(17)16-18-15(19-20-16)13-8-11-6-4-5-7-12(11)9-13/h4-7,10,13-14H,3,8-9,17H2,1-2H3/t10-,14-/m0/s1. The van der Waals surface area contributed by atoms with Crippen molar-refractivity contribution in [3.05, 3.63) is 47.1 Å². The van der Waals surface area contributed by atoms with Gasteiger partial charge in [0.25, 0.3) is 0 Å². The summed E-state index contributed by atoms with van der Waals surface area (Å²) in [6.07, 6.45) is 3.00. The third-order valence-corrected chi connectivity index (χ3v) is 4.42. The quantitative estimate of drug-likeness (QED) is 0.928. The van der Waals surface area contributed by atoms with Crippen LogP contribution in [0.4, 0.5) is 0 Å². The van der Waals surface area contributed by atoms with Crippen LogP contribution in [0.1, 0.15) is 55.1 Å². The van der Waals surface area contributed by atoms with Crippen molar-refractivity contribution < 1.29 is 4.52 Å². The van der Waals surface area contributed by atoms with Gasteiger partial charge in [0, 0.05) is 5.92 Å². The van der Waals surface area contributed by atoms with Gasteiger partial charge in [-0.25, -0.2) is 0 Å². The number of fused-ring (bicyclic) bond motifs is 1. The SMILES string of the molecule is CC[C@H](C)[C@H](N)c1nc(C2Cc3ccccc3C2)no1. The zero-order chi connectivity index (χ0) is 14.1. The van der Waals surface area contributed by atoms with Crippen molar-refractivity contribution >= 4 is 0 Å². The zero-order valence-corrected chi connectivity index (χ0v) is 12.0. The van der Waals surface area contributed by atoms with Gasteiger partial charge in [-0.2, -0.15) is 4.98 Å². The molecule has 2 atom stereocenters. The van der Waals surface area contributed by atoms with Crippen molar-refractivity contribution in [1.29, 1.82) is 0 Å². The Kier molecular flexibility index (Phi) is 3.57. The molecule has 4 nitrogen and oxygen atoms in total. The second kappa shape index (κ2) is 5.37. The Morgan fingerprint density at radius 1 is 1.30 bits per heavy atom. The Morgan fingerprint density at radius 2 is 1.95 bits per heavy atom. The van der Waals surface area contributed by atoms with E-state index in [0.29, 0.717) is 17.7 Å². The largest absolute Gasteiger partial charge is 0.338 e. The van der Waals surface area contributed by atoms with Gasteiger partial charge >= 0.3 is 0 Å². The summed E-state index contributed by atoms with van der Waals surface area (Å²) in [5.41, 5.74) is 8.95. The average Bonchev–Trinajstić information content (AvgIpc) is 3.11. The van der Waals surface area contributed by atoms with Crippen LogP contribution < -0.4 is 5.73 Å². The van der Waals surface area contributed by atoms with E-state index in [1.165, 1.54) is 11.1 Å². The normalized spacial score (nSPS) is 17.9. The molecule has 2 N–H and O–H groups in total. The molecule has 0 saturated carbocycles. The highest BCUT2D eigenvalue weighted by Gasteiger charge is 2.28. The molecule has 3 rings (SSSR count). The van der Waals surface area contributed by atoms with Gasteiger partial charge in [-0.15, -0.1) is 0 Å². The summed E-state index contributed by atoms with van der Waals surface area (Å²) in [5, 5.41) is 4.15. The van der Waals surface area contributed by atoms with Crippen molar-refractivity contribution in [1.82, 2.24) is 10.1 Å². The number of nitrogens with two attached hydrogens (primary N) is 1. The fourth-order valence-corrected chi connectivity index (χ4v) is 2.79. The molecule has 0 aliphatic heterocycles. The van der Waals surface area contributed by atoms with Gasteiger partial charge in [-0.1, -0.05) is 49.7 Å². The van der Waals surface area contributed by atoms with Crippen LogP contribution in [-0.2, 0) is 12.8 Å². The van der Waals surface area contributed by atoms with Crippen LogP contribution in [0.3, 0.4) is 0 Å². The van der Waals surface area contributed by atoms with Gasteiger partial charge in [-0.05, 0) is 29.9 Å². The molecule has 0 fully saturated rings. The molecule has 0 amide bonds. The van der Waals surface area contributed by atoms with Crippen LogP contribution >= 0.6 is 0 Å². The predicted octanol–water partition coefficient (Wildman–Crippen LogP) is 3.00. The van der Waals surface area contributed by atoms with Crippen molar-refractivity contribution in [2.24, 2.45) is 11.7 Å². The van der Waals surface area contributed by atoms with Crippen molar-refractivity contribution in [3.63, 3.8) is 0 Å². The average molecular weight is 271 g/mol. The lowest BCUT2D eigenvalue weighted by atomic mass is 10.00. The number of benzene rings is 1. The number of hydrogen-bond acceptors (Lipinski definition) is 4. The van der Waals surface area contributed by atoms with Gasteiger partial charge < -0.3 is 10.3 Å². The van der Waals surface area contributed by atoms with Crippen LogP contribution in [0.5, 0.6) is 0 Å². The molecule has 106 valence electrons. The maximum atomic E-state index is 6.15. The van der Waals surface area contributed by atoms with Crippen molar-refractivity contribution in [3.8, 4) is 0 Å². The highest BCUT2D eigenvalue weighted by Crippen LogP contribution is 2.33. The van der Waals surface area contributed by atoms with E-state index in [1.807, 2.05) is 0 Å². The molecule has 1 aliphatic carbocycles. The maximum Gasteiger partial charge on any atom is 0.243 e. The summed E-state index contributed by atoms with van der Waals surface area (Å²) in [4.78, 5) is 4.54. The predicted molar refractivity (Wildman–Crippen MR) is 77.3 cm³/mol. The van der Waals surface area contributed by atoms with E-state index in [0.717, 1.165) is 25.1 Å². The molecule has 1 aromatic heterocycles.